The van der Waals surface area contributed by atoms with Gasteiger partial charge in [0.2, 0.25) is 0 Å². The minimum Gasteiger partial charge on any atom is -0.253 e. The van der Waals surface area contributed by atoms with E-state index in [1.165, 1.54) is 0 Å². The molecule has 2 aromatic rings. The number of nitriles is 1. The lowest BCUT2D eigenvalue weighted by Crippen LogP contribution is -1.86. The van der Waals surface area contributed by atoms with Crippen molar-refractivity contribution in [3.63, 3.8) is 0 Å². The van der Waals surface area contributed by atoms with E-state index in [4.69, 9.17) is 5.26 Å². The molecule has 0 aliphatic carbocycles. The average molecular weight is 234 g/mol. The second-order valence-corrected chi connectivity index (χ2v) is 3.26. The van der Waals surface area contributed by atoms with Gasteiger partial charge in [-0.1, -0.05) is 0 Å². The van der Waals surface area contributed by atoms with E-state index < -0.39 is 0 Å². The highest BCUT2D eigenvalue weighted by molar-refractivity contribution is 9.10. The predicted molar refractivity (Wildman–Crippen MR) is 52.0 cm³/mol. The van der Waals surface area contributed by atoms with Crippen LogP contribution in [0, 0.1) is 11.3 Å². The van der Waals surface area contributed by atoms with E-state index in [9.17, 15) is 0 Å². The molecule has 0 fully saturated rings. The molecule has 1 heterocycles. The minimum atomic E-state index is 0.577. The first-order valence-electron chi connectivity index (χ1n) is 3.62. The summed E-state index contributed by atoms with van der Waals surface area (Å²) in [5, 5.41) is 8.75. The number of aromatic nitrogens is 2. The third kappa shape index (κ3) is 1.27. The molecule has 0 radical (unpaired) electrons. The van der Waals surface area contributed by atoms with Gasteiger partial charge in [0.15, 0.2) is 0 Å². The maximum absolute atomic E-state index is 8.75. The summed E-state index contributed by atoms with van der Waals surface area (Å²) in [7, 11) is 0. The van der Waals surface area contributed by atoms with Crippen LogP contribution in [0.3, 0.4) is 0 Å². The van der Waals surface area contributed by atoms with Crippen LogP contribution < -0.4 is 0 Å². The van der Waals surface area contributed by atoms with Crippen LogP contribution in [-0.2, 0) is 0 Å². The van der Waals surface area contributed by atoms with Crippen molar-refractivity contribution in [2.45, 2.75) is 0 Å². The Morgan fingerprint density at radius 1 is 1.23 bits per heavy atom. The molecule has 0 spiro atoms. The molecule has 0 unspecified atom stereocenters. The van der Waals surface area contributed by atoms with Gasteiger partial charge in [-0.05, 0) is 28.1 Å². The topological polar surface area (TPSA) is 49.6 Å². The van der Waals surface area contributed by atoms with Crippen molar-refractivity contribution in [2.75, 3.05) is 0 Å². The summed E-state index contributed by atoms with van der Waals surface area (Å²) in [5.41, 5.74) is 2.09. The first-order valence-corrected chi connectivity index (χ1v) is 4.41. The minimum absolute atomic E-state index is 0.577. The van der Waals surface area contributed by atoms with Gasteiger partial charge in [0.05, 0.1) is 15.6 Å². The van der Waals surface area contributed by atoms with Crippen molar-refractivity contribution in [3.05, 3.63) is 34.6 Å². The van der Waals surface area contributed by atoms with Gasteiger partial charge in [-0.2, -0.15) is 5.26 Å². The molecule has 1 aromatic carbocycles. The van der Waals surface area contributed by atoms with E-state index in [2.05, 4.69) is 32.0 Å². The lowest BCUT2D eigenvalue weighted by atomic mass is 10.2. The van der Waals surface area contributed by atoms with Crippen molar-refractivity contribution in [1.29, 1.82) is 5.26 Å². The summed E-state index contributed by atoms with van der Waals surface area (Å²) in [6.07, 6.45) is 3.23. The molecule has 0 aliphatic heterocycles. The molecule has 1 aromatic heterocycles. The Labute approximate surface area is 83.2 Å². The number of hydrogen-bond donors (Lipinski definition) is 0. The lowest BCUT2D eigenvalue weighted by Gasteiger charge is -1.98. The zero-order chi connectivity index (χ0) is 9.26. The first kappa shape index (κ1) is 8.14. The fourth-order valence-corrected chi connectivity index (χ4v) is 1.62. The summed E-state index contributed by atoms with van der Waals surface area (Å²) in [6.45, 7) is 0. The quantitative estimate of drug-likeness (QED) is 0.702. The molecule has 3 nitrogen and oxygen atoms in total. The van der Waals surface area contributed by atoms with E-state index in [1.54, 1.807) is 24.5 Å². The van der Waals surface area contributed by atoms with Gasteiger partial charge in [-0.3, -0.25) is 9.97 Å². The number of hydrogen-bond acceptors (Lipinski definition) is 3. The van der Waals surface area contributed by atoms with Crippen LogP contribution in [0.4, 0.5) is 0 Å². The van der Waals surface area contributed by atoms with Crippen LogP contribution in [0.15, 0.2) is 29.0 Å². The maximum Gasteiger partial charge on any atom is 0.104 e. The molecule has 0 bridgehead atoms. The number of benzene rings is 1. The van der Waals surface area contributed by atoms with Crippen LogP contribution in [0.1, 0.15) is 5.56 Å². The second kappa shape index (κ2) is 3.11. The average Bonchev–Trinajstić information content (AvgIpc) is 2.19. The SMILES string of the molecule is N#Cc1ccc2nccnc2c1Br. The Morgan fingerprint density at radius 3 is 2.77 bits per heavy atom. The van der Waals surface area contributed by atoms with E-state index in [0.29, 0.717) is 10.0 Å². The van der Waals surface area contributed by atoms with Crippen LogP contribution in [0.5, 0.6) is 0 Å². The Kier molecular flexibility index (Phi) is 1.95. The molecule has 62 valence electrons. The summed E-state index contributed by atoms with van der Waals surface area (Å²) >= 11 is 3.32. The molecule has 13 heavy (non-hydrogen) atoms. The van der Waals surface area contributed by atoms with Gasteiger partial charge in [-0.25, -0.2) is 0 Å². The number of halogens is 1. The lowest BCUT2D eigenvalue weighted by molar-refractivity contribution is 1.28. The van der Waals surface area contributed by atoms with Crippen LogP contribution in [0.2, 0.25) is 0 Å². The van der Waals surface area contributed by atoms with Crippen LogP contribution in [-0.4, -0.2) is 9.97 Å². The number of fused-ring (bicyclic) bond motifs is 1. The van der Waals surface area contributed by atoms with Gasteiger partial charge < -0.3 is 0 Å². The summed E-state index contributed by atoms with van der Waals surface area (Å²) in [6, 6.07) is 5.58. The molecule has 0 amide bonds. The molecule has 2 rings (SSSR count). The Morgan fingerprint density at radius 2 is 2.00 bits per heavy atom. The maximum atomic E-state index is 8.75. The van der Waals surface area contributed by atoms with Crippen molar-refractivity contribution in [1.82, 2.24) is 9.97 Å². The van der Waals surface area contributed by atoms with E-state index in [1.807, 2.05) is 0 Å². The highest BCUT2D eigenvalue weighted by Crippen LogP contribution is 2.23. The van der Waals surface area contributed by atoms with Gasteiger partial charge in [0.1, 0.15) is 11.6 Å². The largest absolute Gasteiger partial charge is 0.253 e. The van der Waals surface area contributed by atoms with Crippen LogP contribution in [0.25, 0.3) is 11.0 Å². The number of nitrogens with zero attached hydrogens (tertiary/aromatic N) is 3. The summed E-state index contributed by atoms with van der Waals surface area (Å²) in [4.78, 5) is 8.24. The fraction of sp³-hybridized carbons (Fsp3) is 0. The highest BCUT2D eigenvalue weighted by Gasteiger charge is 2.04. The van der Waals surface area contributed by atoms with Gasteiger partial charge in [0.25, 0.3) is 0 Å². The van der Waals surface area contributed by atoms with E-state index in [-0.39, 0.29) is 0 Å². The third-order valence-corrected chi connectivity index (χ3v) is 2.50. The summed E-state index contributed by atoms with van der Waals surface area (Å²) < 4.78 is 0.709. The Hall–Kier alpha value is -1.47. The van der Waals surface area contributed by atoms with Gasteiger partial charge >= 0.3 is 0 Å². The van der Waals surface area contributed by atoms with Crippen molar-refractivity contribution < 1.29 is 0 Å². The second-order valence-electron chi connectivity index (χ2n) is 2.46. The highest BCUT2D eigenvalue weighted by atomic mass is 79.9. The van der Waals surface area contributed by atoms with Gasteiger partial charge in [0, 0.05) is 12.4 Å². The Bertz CT molecular complexity index is 502. The van der Waals surface area contributed by atoms with Crippen LogP contribution >= 0.6 is 15.9 Å². The molecule has 0 N–H and O–H groups in total. The third-order valence-electron chi connectivity index (χ3n) is 1.70. The molecular formula is C9H4BrN3. The normalized spacial score (nSPS) is 9.85. The van der Waals surface area contributed by atoms with Crippen molar-refractivity contribution in [3.8, 4) is 6.07 Å². The number of rotatable bonds is 0. The molecule has 0 saturated carbocycles. The first-order chi connectivity index (χ1) is 6.33. The van der Waals surface area contributed by atoms with Crippen molar-refractivity contribution in [2.24, 2.45) is 0 Å². The zero-order valence-electron chi connectivity index (χ0n) is 6.53. The molecule has 0 saturated heterocycles. The molecule has 0 aliphatic rings. The predicted octanol–water partition coefficient (Wildman–Crippen LogP) is 2.26. The zero-order valence-corrected chi connectivity index (χ0v) is 8.12. The summed E-state index contributed by atoms with van der Waals surface area (Å²) in [5.74, 6) is 0. The molecule has 0 atom stereocenters. The fourth-order valence-electron chi connectivity index (χ4n) is 1.09. The Balaban J connectivity index is 2.89. The van der Waals surface area contributed by atoms with Crippen molar-refractivity contribution >= 4 is 27.0 Å². The molecule has 4 heteroatoms. The standard InChI is InChI=1S/C9H4BrN3/c10-8-6(5-11)1-2-7-9(8)13-4-3-12-7/h1-4H. The molecular weight excluding hydrogens is 230 g/mol. The van der Waals surface area contributed by atoms with Gasteiger partial charge in [-0.15, -0.1) is 0 Å². The van der Waals surface area contributed by atoms with E-state index >= 15 is 0 Å². The van der Waals surface area contributed by atoms with E-state index in [0.717, 1.165) is 11.0 Å². The smallest absolute Gasteiger partial charge is 0.104 e. The monoisotopic (exact) mass is 233 g/mol.